The monoisotopic (exact) mass is 252 g/mol. The van der Waals surface area contributed by atoms with Gasteiger partial charge in [-0.15, -0.1) is 0 Å². The van der Waals surface area contributed by atoms with Gasteiger partial charge in [-0.25, -0.2) is 0 Å². The van der Waals surface area contributed by atoms with E-state index in [1.54, 1.807) is 7.11 Å². The summed E-state index contributed by atoms with van der Waals surface area (Å²) in [5.74, 6) is -1.10. The van der Waals surface area contributed by atoms with Crippen LogP contribution < -0.4 is 0 Å². The largest absolute Gasteiger partial charge is 0.394 e. The fraction of sp³-hybridized carbons (Fsp3) is 1.00. The summed E-state index contributed by atoms with van der Waals surface area (Å²) >= 11 is 0. The SMILES string of the molecule is CC.CC(C)(O)O.COC1OC(CO)CC1C. The number of rotatable bonds is 2. The Labute approximate surface area is 104 Å². The van der Waals surface area contributed by atoms with Gasteiger partial charge in [0.05, 0.1) is 12.7 Å². The Hall–Kier alpha value is -0.200. The maximum Gasteiger partial charge on any atom is 0.160 e. The molecule has 1 saturated heterocycles. The summed E-state index contributed by atoms with van der Waals surface area (Å²) in [5.41, 5.74) is 0. The Balaban J connectivity index is 0. The Morgan fingerprint density at radius 3 is 1.88 bits per heavy atom. The highest BCUT2D eigenvalue weighted by molar-refractivity contribution is 4.73. The van der Waals surface area contributed by atoms with Gasteiger partial charge >= 0.3 is 0 Å². The van der Waals surface area contributed by atoms with Crippen molar-refractivity contribution in [2.24, 2.45) is 5.92 Å². The fourth-order valence-electron chi connectivity index (χ4n) is 1.31. The maximum atomic E-state index is 8.72. The predicted molar refractivity (Wildman–Crippen MR) is 66.4 cm³/mol. The molecule has 0 aliphatic carbocycles. The molecule has 106 valence electrons. The number of aliphatic hydroxyl groups is 3. The van der Waals surface area contributed by atoms with Crippen LogP contribution in [0.3, 0.4) is 0 Å². The molecule has 0 saturated carbocycles. The van der Waals surface area contributed by atoms with Gasteiger partial charge in [-0.05, 0) is 20.3 Å². The molecule has 17 heavy (non-hydrogen) atoms. The third-order valence-electron chi connectivity index (χ3n) is 1.86. The van der Waals surface area contributed by atoms with E-state index >= 15 is 0 Å². The van der Waals surface area contributed by atoms with Crippen molar-refractivity contribution < 1.29 is 24.8 Å². The number of hydrogen-bond acceptors (Lipinski definition) is 5. The number of hydrogen-bond donors (Lipinski definition) is 3. The molecule has 1 aliphatic rings. The minimum Gasteiger partial charge on any atom is -0.394 e. The van der Waals surface area contributed by atoms with Crippen LogP contribution in [-0.2, 0) is 9.47 Å². The lowest BCUT2D eigenvalue weighted by atomic mass is 10.1. The van der Waals surface area contributed by atoms with Crippen LogP contribution in [0.2, 0.25) is 0 Å². The maximum absolute atomic E-state index is 8.72. The highest BCUT2D eigenvalue weighted by Crippen LogP contribution is 2.25. The molecule has 0 aromatic heterocycles. The van der Waals surface area contributed by atoms with Crippen LogP contribution in [0.1, 0.15) is 41.0 Å². The van der Waals surface area contributed by atoms with Crippen LogP contribution >= 0.6 is 0 Å². The van der Waals surface area contributed by atoms with Crippen LogP contribution in [0.5, 0.6) is 0 Å². The van der Waals surface area contributed by atoms with Crippen LogP contribution in [0.25, 0.3) is 0 Å². The second-order valence-electron chi connectivity index (χ2n) is 4.25. The lowest BCUT2D eigenvalue weighted by molar-refractivity contribution is -0.135. The lowest BCUT2D eigenvalue weighted by Crippen LogP contribution is -2.17. The average Bonchev–Trinajstić information content (AvgIpc) is 2.59. The van der Waals surface area contributed by atoms with Gasteiger partial charge in [0.15, 0.2) is 12.1 Å². The quantitative estimate of drug-likeness (QED) is 0.642. The van der Waals surface area contributed by atoms with E-state index in [1.165, 1.54) is 13.8 Å². The number of aliphatic hydroxyl groups excluding tert-OH is 1. The van der Waals surface area contributed by atoms with Crippen LogP contribution in [0.15, 0.2) is 0 Å². The van der Waals surface area contributed by atoms with Crippen molar-refractivity contribution in [1.82, 2.24) is 0 Å². The van der Waals surface area contributed by atoms with Crippen molar-refractivity contribution in [3.05, 3.63) is 0 Å². The summed E-state index contributed by atoms with van der Waals surface area (Å²) in [4.78, 5) is 0. The van der Waals surface area contributed by atoms with E-state index in [-0.39, 0.29) is 19.0 Å². The molecule has 1 fully saturated rings. The first-order chi connectivity index (χ1) is 7.77. The second-order valence-corrected chi connectivity index (χ2v) is 4.25. The predicted octanol–water partition coefficient (Wildman–Crippen LogP) is 1.11. The molecule has 0 aromatic carbocycles. The Morgan fingerprint density at radius 1 is 1.29 bits per heavy atom. The van der Waals surface area contributed by atoms with E-state index < -0.39 is 5.79 Å². The van der Waals surface area contributed by atoms with Crippen molar-refractivity contribution >= 4 is 0 Å². The van der Waals surface area contributed by atoms with Crippen molar-refractivity contribution in [2.45, 2.75) is 59.2 Å². The molecular formula is C12H28O5. The zero-order valence-corrected chi connectivity index (χ0v) is 11.8. The van der Waals surface area contributed by atoms with Crippen molar-refractivity contribution in [2.75, 3.05) is 13.7 Å². The summed E-state index contributed by atoms with van der Waals surface area (Å²) in [6.45, 7) is 8.76. The molecule has 0 radical (unpaired) electrons. The van der Waals surface area contributed by atoms with Gasteiger partial charge in [-0.3, -0.25) is 0 Å². The first kappa shape index (κ1) is 19.1. The minimum atomic E-state index is -1.50. The third kappa shape index (κ3) is 12.1. The fourth-order valence-corrected chi connectivity index (χ4v) is 1.31. The molecule has 0 amide bonds. The normalized spacial score (nSPS) is 27.7. The summed E-state index contributed by atoms with van der Waals surface area (Å²) in [6.07, 6.45) is 0.770. The van der Waals surface area contributed by atoms with Gasteiger partial charge in [-0.2, -0.15) is 0 Å². The van der Waals surface area contributed by atoms with Gasteiger partial charge in [0.2, 0.25) is 0 Å². The molecular weight excluding hydrogens is 224 g/mol. The van der Waals surface area contributed by atoms with Crippen LogP contribution in [0, 0.1) is 5.92 Å². The van der Waals surface area contributed by atoms with E-state index in [1.807, 2.05) is 13.8 Å². The first-order valence-electron chi connectivity index (χ1n) is 6.01. The molecule has 5 heteroatoms. The molecule has 0 spiro atoms. The van der Waals surface area contributed by atoms with Gasteiger partial charge in [0.25, 0.3) is 0 Å². The minimum absolute atomic E-state index is 0.0139. The number of methoxy groups -OCH3 is 1. The highest BCUT2D eigenvalue weighted by atomic mass is 16.7. The molecule has 0 aromatic rings. The van der Waals surface area contributed by atoms with Crippen molar-refractivity contribution in [3.8, 4) is 0 Å². The van der Waals surface area contributed by atoms with E-state index in [9.17, 15) is 0 Å². The van der Waals surface area contributed by atoms with Crippen molar-refractivity contribution in [1.29, 1.82) is 0 Å². The molecule has 1 heterocycles. The molecule has 5 nitrogen and oxygen atoms in total. The van der Waals surface area contributed by atoms with E-state index in [4.69, 9.17) is 24.8 Å². The highest BCUT2D eigenvalue weighted by Gasteiger charge is 2.31. The standard InChI is InChI=1S/C7H14O3.C3H8O2.C2H6/c1-5-3-6(4-8)10-7(5)9-2;1-3(2,4)5;1-2/h5-8H,3-4H2,1-2H3;4-5H,1-2H3;1-2H3. The molecule has 3 atom stereocenters. The Bertz CT molecular complexity index is 161. The molecule has 0 bridgehead atoms. The van der Waals surface area contributed by atoms with Gasteiger partial charge < -0.3 is 24.8 Å². The molecule has 3 N–H and O–H groups in total. The lowest BCUT2D eigenvalue weighted by Gasteiger charge is -2.11. The summed E-state index contributed by atoms with van der Waals surface area (Å²) in [7, 11) is 1.63. The van der Waals surface area contributed by atoms with Crippen molar-refractivity contribution in [3.63, 3.8) is 0 Å². The summed E-state index contributed by atoms with van der Waals surface area (Å²) < 4.78 is 10.3. The first-order valence-corrected chi connectivity index (χ1v) is 6.01. The molecule has 1 aliphatic heterocycles. The van der Waals surface area contributed by atoms with Gasteiger partial charge in [-0.1, -0.05) is 20.8 Å². The second kappa shape index (κ2) is 9.79. The zero-order valence-electron chi connectivity index (χ0n) is 11.8. The van der Waals surface area contributed by atoms with Crippen LogP contribution in [-0.4, -0.2) is 47.2 Å². The summed E-state index contributed by atoms with van der Waals surface area (Å²) in [6, 6.07) is 0. The van der Waals surface area contributed by atoms with Gasteiger partial charge in [0.1, 0.15) is 0 Å². The van der Waals surface area contributed by atoms with E-state index in [0.717, 1.165) is 6.42 Å². The Kier molecular flexibility index (Phi) is 11.0. The molecule has 3 unspecified atom stereocenters. The van der Waals surface area contributed by atoms with E-state index in [0.29, 0.717) is 5.92 Å². The van der Waals surface area contributed by atoms with Gasteiger partial charge in [0, 0.05) is 13.0 Å². The van der Waals surface area contributed by atoms with E-state index in [2.05, 4.69) is 6.92 Å². The topological polar surface area (TPSA) is 79.2 Å². The molecule has 1 rings (SSSR count). The Morgan fingerprint density at radius 2 is 1.71 bits per heavy atom. The summed E-state index contributed by atoms with van der Waals surface area (Å²) in [5, 5.41) is 24.9. The third-order valence-corrected chi connectivity index (χ3v) is 1.86. The zero-order chi connectivity index (χ0) is 14.1. The average molecular weight is 252 g/mol. The smallest absolute Gasteiger partial charge is 0.160 e. The van der Waals surface area contributed by atoms with Crippen LogP contribution in [0.4, 0.5) is 0 Å². The number of ether oxygens (including phenoxy) is 2.